The first-order chi connectivity index (χ1) is 6.66. The van der Waals surface area contributed by atoms with Crippen LogP contribution in [0, 0.1) is 6.92 Å². The number of hydrogen-bond acceptors (Lipinski definition) is 5. The lowest BCUT2D eigenvalue weighted by molar-refractivity contribution is 0.835. The van der Waals surface area contributed by atoms with Crippen molar-refractivity contribution >= 4 is 22.7 Å². The molecule has 1 unspecified atom stereocenters. The molecule has 0 aliphatic rings. The van der Waals surface area contributed by atoms with E-state index in [-0.39, 0.29) is 6.04 Å². The molecule has 0 saturated carbocycles. The number of hydrogen-bond donors (Lipinski definition) is 1. The van der Waals surface area contributed by atoms with E-state index in [0.717, 1.165) is 20.6 Å². The van der Waals surface area contributed by atoms with Crippen LogP contribution in [0.1, 0.15) is 22.9 Å². The predicted octanol–water partition coefficient (Wildman–Crippen LogP) is 2.59. The first kappa shape index (κ1) is 9.76. The van der Waals surface area contributed by atoms with Gasteiger partial charge in [-0.25, -0.2) is 9.97 Å². The van der Waals surface area contributed by atoms with Gasteiger partial charge in [-0.1, -0.05) is 0 Å². The molecule has 0 radical (unpaired) electrons. The highest BCUT2D eigenvalue weighted by Gasteiger charge is 2.09. The summed E-state index contributed by atoms with van der Waals surface area (Å²) >= 11 is 3.26. The van der Waals surface area contributed by atoms with Gasteiger partial charge < -0.3 is 5.73 Å². The van der Waals surface area contributed by atoms with Crippen molar-refractivity contribution in [1.29, 1.82) is 0 Å². The summed E-state index contributed by atoms with van der Waals surface area (Å²) in [7, 11) is 0. The van der Waals surface area contributed by atoms with E-state index in [4.69, 9.17) is 5.73 Å². The van der Waals surface area contributed by atoms with E-state index in [0.29, 0.717) is 0 Å². The van der Waals surface area contributed by atoms with Gasteiger partial charge in [0.15, 0.2) is 0 Å². The Morgan fingerprint density at radius 3 is 2.79 bits per heavy atom. The molecule has 2 aromatic rings. The van der Waals surface area contributed by atoms with Gasteiger partial charge in [-0.15, -0.1) is 22.7 Å². The second-order valence-electron chi connectivity index (χ2n) is 3.11. The lowest BCUT2D eigenvalue weighted by atomic mass is 10.3. The zero-order valence-electron chi connectivity index (χ0n) is 8.02. The average molecular weight is 225 g/mol. The molecule has 2 aromatic heterocycles. The molecule has 0 amide bonds. The Balaban J connectivity index is 2.33. The number of nitrogens with two attached hydrogens (primary N) is 1. The highest BCUT2D eigenvalue weighted by Crippen LogP contribution is 2.28. The summed E-state index contributed by atoms with van der Waals surface area (Å²) in [5, 5.41) is 4.05. The molecule has 74 valence electrons. The monoisotopic (exact) mass is 225 g/mol. The van der Waals surface area contributed by atoms with E-state index in [1.165, 1.54) is 0 Å². The number of thiazole rings is 2. The number of nitrogens with zero attached hydrogens (tertiary/aromatic N) is 2. The number of aromatic nitrogens is 2. The summed E-state index contributed by atoms with van der Waals surface area (Å²) in [6.45, 7) is 3.96. The minimum atomic E-state index is 0.0565. The normalized spacial score (nSPS) is 13.1. The van der Waals surface area contributed by atoms with E-state index in [1.54, 1.807) is 22.7 Å². The summed E-state index contributed by atoms with van der Waals surface area (Å²) < 4.78 is 0. The second kappa shape index (κ2) is 3.76. The van der Waals surface area contributed by atoms with Gasteiger partial charge in [-0.05, 0) is 13.8 Å². The van der Waals surface area contributed by atoms with Crippen LogP contribution in [-0.2, 0) is 0 Å². The molecule has 0 bridgehead atoms. The Morgan fingerprint density at radius 1 is 1.50 bits per heavy atom. The van der Waals surface area contributed by atoms with Crippen LogP contribution in [-0.4, -0.2) is 9.97 Å². The molecule has 0 spiro atoms. The Morgan fingerprint density at radius 2 is 2.29 bits per heavy atom. The molecule has 0 fully saturated rings. The van der Waals surface area contributed by atoms with E-state index in [1.807, 2.05) is 25.4 Å². The lowest BCUT2D eigenvalue weighted by Gasteiger charge is -1.96. The van der Waals surface area contributed by atoms with Crippen LogP contribution < -0.4 is 5.73 Å². The first-order valence-corrected chi connectivity index (χ1v) is 6.00. The van der Waals surface area contributed by atoms with Crippen molar-refractivity contribution in [3.05, 3.63) is 21.5 Å². The molecule has 14 heavy (non-hydrogen) atoms. The zero-order chi connectivity index (χ0) is 10.1. The zero-order valence-corrected chi connectivity index (χ0v) is 9.65. The average Bonchev–Trinajstić information content (AvgIpc) is 2.70. The summed E-state index contributed by atoms with van der Waals surface area (Å²) in [6.07, 6.45) is 1.83. The van der Waals surface area contributed by atoms with Gasteiger partial charge in [0.2, 0.25) is 0 Å². The smallest absolute Gasteiger partial charge is 0.142 e. The SMILES string of the molecule is Cc1nc(-c2ncc(C(C)N)s2)cs1. The maximum Gasteiger partial charge on any atom is 0.142 e. The van der Waals surface area contributed by atoms with Crippen molar-refractivity contribution in [2.75, 3.05) is 0 Å². The summed E-state index contributed by atoms with van der Waals surface area (Å²) in [5.74, 6) is 0. The third-order valence-electron chi connectivity index (χ3n) is 1.81. The van der Waals surface area contributed by atoms with Crippen LogP contribution in [0.4, 0.5) is 0 Å². The largest absolute Gasteiger partial charge is 0.323 e. The van der Waals surface area contributed by atoms with E-state index < -0.39 is 0 Å². The molecule has 0 aliphatic heterocycles. The molecule has 5 heteroatoms. The van der Waals surface area contributed by atoms with Crippen molar-refractivity contribution in [3.8, 4) is 10.7 Å². The minimum Gasteiger partial charge on any atom is -0.323 e. The van der Waals surface area contributed by atoms with E-state index in [2.05, 4.69) is 9.97 Å². The van der Waals surface area contributed by atoms with Crippen LogP contribution in [0.25, 0.3) is 10.7 Å². The maximum absolute atomic E-state index is 5.76. The van der Waals surface area contributed by atoms with Gasteiger partial charge in [0.25, 0.3) is 0 Å². The fourth-order valence-electron chi connectivity index (χ4n) is 1.08. The number of aryl methyl sites for hydroxylation is 1. The van der Waals surface area contributed by atoms with Gasteiger partial charge in [0.05, 0.1) is 5.01 Å². The van der Waals surface area contributed by atoms with Crippen LogP contribution >= 0.6 is 22.7 Å². The second-order valence-corrected chi connectivity index (χ2v) is 5.23. The van der Waals surface area contributed by atoms with E-state index in [9.17, 15) is 0 Å². The molecule has 0 aliphatic carbocycles. The predicted molar refractivity (Wildman–Crippen MR) is 60.6 cm³/mol. The molecule has 0 saturated heterocycles. The Labute approximate surface area is 90.6 Å². The molecular weight excluding hydrogens is 214 g/mol. The van der Waals surface area contributed by atoms with Crippen LogP contribution in [0.15, 0.2) is 11.6 Å². The fourth-order valence-corrected chi connectivity index (χ4v) is 2.58. The Bertz CT molecular complexity index is 431. The van der Waals surface area contributed by atoms with Gasteiger partial charge in [0, 0.05) is 22.5 Å². The standard InChI is InChI=1S/C9H11N3S2/c1-5(10)8-3-11-9(14-8)7-4-13-6(2)12-7/h3-5H,10H2,1-2H3. The molecule has 0 aromatic carbocycles. The van der Waals surface area contributed by atoms with Gasteiger partial charge >= 0.3 is 0 Å². The summed E-state index contributed by atoms with van der Waals surface area (Å²) in [6, 6.07) is 0.0565. The fraction of sp³-hybridized carbons (Fsp3) is 0.333. The molecular formula is C9H11N3S2. The van der Waals surface area contributed by atoms with Crippen molar-refractivity contribution in [1.82, 2.24) is 9.97 Å². The topological polar surface area (TPSA) is 51.8 Å². The minimum absolute atomic E-state index is 0.0565. The van der Waals surface area contributed by atoms with Crippen molar-refractivity contribution in [3.63, 3.8) is 0 Å². The maximum atomic E-state index is 5.76. The molecule has 2 rings (SSSR count). The number of rotatable bonds is 2. The lowest BCUT2D eigenvalue weighted by Crippen LogP contribution is -2.01. The molecule has 2 N–H and O–H groups in total. The van der Waals surface area contributed by atoms with Gasteiger partial charge in [-0.3, -0.25) is 0 Å². The highest BCUT2D eigenvalue weighted by atomic mass is 32.1. The van der Waals surface area contributed by atoms with Crippen LogP contribution in [0.2, 0.25) is 0 Å². The van der Waals surface area contributed by atoms with Crippen molar-refractivity contribution in [2.45, 2.75) is 19.9 Å². The van der Waals surface area contributed by atoms with E-state index >= 15 is 0 Å². The van der Waals surface area contributed by atoms with Crippen molar-refractivity contribution in [2.24, 2.45) is 5.73 Å². The quantitative estimate of drug-likeness (QED) is 0.854. The first-order valence-electron chi connectivity index (χ1n) is 4.30. The third-order valence-corrected chi connectivity index (χ3v) is 3.80. The molecule has 3 nitrogen and oxygen atoms in total. The summed E-state index contributed by atoms with van der Waals surface area (Å²) in [4.78, 5) is 9.79. The Hall–Kier alpha value is -0.780. The van der Waals surface area contributed by atoms with Crippen LogP contribution in [0.5, 0.6) is 0 Å². The van der Waals surface area contributed by atoms with Crippen molar-refractivity contribution < 1.29 is 0 Å². The molecule has 1 atom stereocenters. The Kier molecular flexibility index (Phi) is 2.62. The molecule has 2 heterocycles. The third kappa shape index (κ3) is 1.84. The summed E-state index contributed by atoms with van der Waals surface area (Å²) in [5.41, 5.74) is 6.73. The van der Waals surface area contributed by atoms with Gasteiger partial charge in [0.1, 0.15) is 10.7 Å². The van der Waals surface area contributed by atoms with Crippen LogP contribution in [0.3, 0.4) is 0 Å². The highest BCUT2D eigenvalue weighted by molar-refractivity contribution is 7.15. The van der Waals surface area contributed by atoms with Gasteiger partial charge in [-0.2, -0.15) is 0 Å².